The first-order valence-corrected chi connectivity index (χ1v) is 3.22. The average Bonchev–Trinajstić information content (AvgIpc) is 1.19. The summed E-state index contributed by atoms with van der Waals surface area (Å²) in [7, 11) is -7.78. The minimum Gasteiger partial charge on any atom is -0.894 e. The van der Waals surface area contributed by atoms with Crippen LogP contribution in [0.1, 0.15) is 0 Å². The molecule has 56 valence electrons. The summed E-state index contributed by atoms with van der Waals surface area (Å²) < 4.78 is 0. The summed E-state index contributed by atoms with van der Waals surface area (Å²) in [6.45, 7) is 0. The molecule has 0 aromatic rings. The Hall–Kier alpha value is 1.55. The fraction of sp³-hybridized carbons (Fsp3) is 0. The molecule has 0 radical (unpaired) electrons. The first kappa shape index (κ1) is 22.9. The molecule has 11 heavy (non-hydrogen) atoms. The summed E-state index contributed by atoms with van der Waals surface area (Å²) in [5.41, 5.74) is 0. The SMILES string of the molecule is OB(O)O.[Cd+2].[O-][Si]([O-])([O-])[O-].[Zn+2]. The van der Waals surface area contributed by atoms with Crippen LogP contribution in [0.3, 0.4) is 0 Å². The smallest absolute Gasteiger partial charge is 0.894 e. The van der Waals surface area contributed by atoms with E-state index in [9.17, 15) is 0 Å². The standard InChI is InChI=1S/BH3O3.Cd.O4Si.Zn/c2-1(3)4;;1-5(2,3)4;/h2-4H;;;/q;+2;-4;+2. The molecule has 0 aliphatic rings. The van der Waals surface area contributed by atoms with Crippen molar-refractivity contribution in [2.75, 3.05) is 0 Å². The zero-order valence-electron chi connectivity index (χ0n) is 5.47. The molecule has 0 aliphatic heterocycles. The van der Waals surface area contributed by atoms with Gasteiger partial charge in [-0.2, -0.15) is 0 Å². The molecule has 0 bridgehead atoms. The fourth-order valence-electron chi connectivity index (χ4n) is 0. The Kier molecular flexibility index (Phi) is 24.0. The maximum Gasteiger partial charge on any atom is 2.00 e. The van der Waals surface area contributed by atoms with Crippen molar-refractivity contribution in [2.45, 2.75) is 0 Å². The van der Waals surface area contributed by atoms with Crippen molar-refractivity contribution in [3.05, 3.63) is 0 Å². The topological polar surface area (TPSA) is 153 Å². The van der Waals surface area contributed by atoms with Crippen molar-refractivity contribution in [1.82, 2.24) is 0 Å². The monoisotopic (exact) mass is 332 g/mol. The van der Waals surface area contributed by atoms with Crippen molar-refractivity contribution in [3.63, 3.8) is 0 Å². The average molecular weight is 332 g/mol. The Labute approximate surface area is 96.9 Å². The van der Waals surface area contributed by atoms with Gasteiger partial charge >= 0.3 is 54.1 Å². The summed E-state index contributed by atoms with van der Waals surface area (Å²) in [5.74, 6) is 0. The van der Waals surface area contributed by atoms with E-state index in [1.165, 1.54) is 0 Å². The minimum atomic E-state index is -5.61. The van der Waals surface area contributed by atoms with Gasteiger partial charge in [0.2, 0.25) is 0 Å². The van der Waals surface area contributed by atoms with Crippen LogP contribution in [0.25, 0.3) is 0 Å². The van der Waals surface area contributed by atoms with Crippen LogP contribution in [0, 0.1) is 0 Å². The predicted molar refractivity (Wildman–Crippen MR) is 18.2 cm³/mol. The summed E-state index contributed by atoms with van der Waals surface area (Å²) in [6.07, 6.45) is 0. The van der Waals surface area contributed by atoms with Gasteiger partial charge in [-0.3, -0.25) is 0 Å². The zero-order chi connectivity index (χ0) is 8.08. The summed E-state index contributed by atoms with van der Waals surface area (Å²) in [6, 6.07) is 0. The van der Waals surface area contributed by atoms with E-state index in [1.807, 2.05) is 0 Å². The Morgan fingerprint density at radius 1 is 0.909 bits per heavy atom. The molecule has 7 nitrogen and oxygen atoms in total. The third-order valence-corrected chi connectivity index (χ3v) is 0. The van der Waals surface area contributed by atoms with Crippen LogP contribution in [-0.2, 0) is 46.8 Å². The molecule has 3 N–H and O–H groups in total. The number of hydrogen-bond donors (Lipinski definition) is 3. The van der Waals surface area contributed by atoms with Gasteiger partial charge in [0.05, 0.1) is 0 Å². The Bertz CT molecular complexity index is 55.2. The van der Waals surface area contributed by atoms with Gasteiger partial charge in [-0.1, -0.05) is 0 Å². The molecular weight excluding hydrogens is 329 g/mol. The summed E-state index contributed by atoms with van der Waals surface area (Å²) in [4.78, 5) is 34.3. The van der Waals surface area contributed by atoms with Gasteiger partial charge in [-0.25, -0.2) is 0 Å². The van der Waals surface area contributed by atoms with Gasteiger partial charge in [-0.15, -0.1) is 0 Å². The van der Waals surface area contributed by atoms with E-state index in [-0.39, 0.29) is 46.8 Å². The zero-order valence-corrected chi connectivity index (χ0v) is 13.5. The minimum absolute atomic E-state index is 0. The number of rotatable bonds is 0. The molecule has 0 fully saturated rings. The van der Waals surface area contributed by atoms with Crippen LogP contribution in [0.15, 0.2) is 0 Å². The van der Waals surface area contributed by atoms with Crippen molar-refractivity contribution in [1.29, 1.82) is 0 Å². The first-order chi connectivity index (χ1) is 3.73. The third kappa shape index (κ3) is 440. The van der Waals surface area contributed by atoms with Crippen LogP contribution in [0.4, 0.5) is 0 Å². The van der Waals surface area contributed by atoms with Gasteiger partial charge in [0.25, 0.3) is 0 Å². The molecule has 0 spiro atoms. The van der Waals surface area contributed by atoms with Crippen LogP contribution in [0.2, 0.25) is 0 Å². The molecule has 0 heterocycles. The maximum absolute atomic E-state index is 8.58. The van der Waals surface area contributed by atoms with Crippen molar-refractivity contribution in [3.8, 4) is 0 Å². The van der Waals surface area contributed by atoms with Crippen LogP contribution >= 0.6 is 0 Å². The van der Waals surface area contributed by atoms with Crippen molar-refractivity contribution in [2.24, 2.45) is 0 Å². The predicted octanol–water partition coefficient (Wildman–Crippen LogP) is -7.19. The Morgan fingerprint density at radius 3 is 0.909 bits per heavy atom. The second kappa shape index (κ2) is 11.5. The van der Waals surface area contributed by atoms with Crippen LogP contribution in [-0.4, -0.2) is 31.4 Å². The molecule has 11 heteroatoms. The second-order valence-corrected chi connectivity index (χ2v) is 1.85. The molecule has 0 aromatic carbocycles. The van der Waals surface area contributed by atoms with E-state index < -0.39 is 16.4 Å². The van der Waals surface area contributed by atoms with Gasteiger partial charge in [0.15, 0.2) is 0 Å². The van der Waals surface area contributed by atoms with E-state index in [1.54, 1.807) is 0 Å². The van der Waals surface area contributed by atoms with Gasteiger partial charge in [-0.05, 0) is 0 Å². The molecule has 0 saturated heterocycles. The van der Waals surface area contributed by atoms with Crippen LogP contribution in [0.5, 0.6) is 0 Å². The quantitative estimate of drug-likeness (QED) is 0.373. The maximum atomic E-state index is 8.58. The normalized spacial score (nSPS) is 7.91. The van der Waals surface area contributed by atoms with Gasteiger partial charge in [0, 0.05) is 0 Å². The molecule has 0 saturated carbocycles. The van der Waals surface area contributed by atoms with Crippen LogP contribution < -0.4 is 19.2 Å². The summed E-state index contributed by atoms with van der Waals surface area (Å²) >= 11 is 0. The largest absolute Gasteiger partial charge is 2.00 e. The van der Waals surface area contributed by atoms with Crippen molar-refractivity contribution < 1.29 is 81.0 Å². The second-order valence-electron chi connectivity index (χ2n) is 0.846. The first-order valence-electron chi connectivity index (χ1n) is 1.59. The third-order valence-electron chi connectivity index (χ3n) is 0. The van der Waals surface area contributed by atoms with E-state index in [0.29, 0.717) is 0 Å². The molecule has 0 aliphatic carbocycles. The molecule has 0 amide bonds. The summed E-state index contributed by atoms with van der Waals surface area (Å²) in [5, 5.41) is 21.5. The van der Waals surface area contributed by atoms with E-state index >= 15 is 0 Å². The van der Waals surface area contributed by atoms with Gasteiger partial charge in [0.1, 0.15) is 0 Å². The molecule has 0 aromatic heterocycles. The number of hydrogen-bond acceptors (Lipinski definition) is 7. The Balaban J connectivity index is -0.0000000383. The van der Waals surface area contributed by atoms with E-state index in [4.69, 9.17) is 34.3 Å². The van der Waals surface area contributed by atoms with Crippen molar-refractivity contribution >= 4 is 16.4 Å². The Morgan fingerprint density at radius 2 is 0.909 bits per heavy atom. The fourth-order valence-corrected chi connectivity index (χ4v) is 0. The molecule has 0 unspecified atom stereocenters. The van der Waals surface area contributed by atoms with E-state index in [2.05, 4.69) is 0 Å². The molecule has 0 atom stereocenters. The van der Waals surface area contributed by atoms with E-state index in [0.717, 1.165) is 0 Å². The molecular formula is H3BCdO7SiZn. The molecule has 0 rings (SSSR count). The van der Waals surface area contributed by atoms with Gasteiger partial charge < -0.3 is 43.3 Å².